The van der Waals surface area contributed by atoms with Crippen molar-refractivity contribution in [3.63, 3.8) is 0 Å². The van der Waals surface area contributed by atoms with Gasteiger partial charge in [0.1, 0.15) is 0 Å². The molecule has 3 heterocycles. The summed E-state index contributed by atoms with van der Waals surface area (Å²) in [5.41, 5.74) is 0. The molecule has 1 fully saturated rings. The first-order chi connectivity index (χ1) is 12.1. The summed E-state index contributed by atoms with van der Waals surface area (Å²) >= 11 is 1.30. The maximum absolute atomic E-state index is 11.4. The second kappa shape index (κ2) is 7.57. The summed E-state index contributed by atoms with van der Waals surface area (Å²) in [5, 5.41) is 8.56. The molecule has 2 aromatic heterocycles. The van der Waals surface area contributed by atoms with E-state index in [1.54, 1.807) is 20.3 Å². The molecular weight excluding hydrogens is 344 g/mol. The number of anilines is 3. The summed E-state index contributed by atoms with van der Waals surface area (Å²) in [6.07, 6.45) is 1.64. The number of nitrogens with one attached hydrogen (secondary N) is 3. The second-order valence-corrected chi connectivity index (χ2v) is 6.41. The summed E-state index contributed by atoms with van der Waals surface area (Å²) in [7, 11) is 3.31. The van der Waals surface area contributed by atoms with E-state index in [1.807, 2.05) is 0 Å². The highest BCUT2D eigenvalue weighted by Gasteiger charge is 2.23. The van der Waals surface area contributed by atoms with Crippen molar-refractivity contribution in [1.82, 2.24) is 25.3 Å². The Morgan fingerprint density at radius 3 is 2.92 bits per heavy atom. The molecule has 1 atom stereocenters. The van der Waals surface area contributed by atoms with Gasteiger partial charge >= 0.3 is 6.03 Å². The average Bonchev–Trinajstić information content (AvgIpc) is 3.10. The predicted octanol–water partition coefficient (Wildman–Crippen LogP) is 1.01. The highest BCUT2D eigenvalue weighted by molar-refractivity contribution is 7.19. The van der Waals surface area contributed by atoms with Gasteiger partial charge in [0, 0.05) is 20.6 Å². The molecule has 0 saturated carbocycles. The van der Waals surface area contributed by atoms with Gasteiger partial charge < -0.3 is 20.3 Å². The van der Waals surface area contributed by atoms with Crippen molar-refractivity contribution in [1.29, 1.82) is 0 Å². The Hall–Kier alpha value is -2.53. The van der Waals surface area contributed by atoms with Crippen LogP contribution < -0.4 is 20.9 Å². The third kappa shape index (κ3) is 3.94. The lowest BCUT2D eigenvalue weighted by Crippen LogP contribution is -2.44. The number of ether oxygens (including phenoxy) is 1. The standard InChI is InChI=1S/C14H20N8O2S/c1-8-7-24-5-4-22(8)12-19-10(18-11(15-2)20-12)9-6-17-14(25-9)21-13(23)16-3/h6,8H,4-5,7H2,1-3H3,(H,15,18,19,20)(H2,16,17,21,23)/t8-/m0/s1. The molecule has 0 unspecified atom stereocenters. The molecule has 1 saturated heterocycles. The van der Waals surface area contributed by atoms with Gasteiger partial charge in [-0.15, -0.1) is 0 Å². The van der Waals surface area contributed by atoms with Crippen LogP contribution in [0.5, 0.6) is 0 Å². The molecule has 0 spiro atoms. The van der Waals surface area contributed by atoms with Gasteiger partial charge in [-0.2, -0.15) is 15.0 Å². The van der Waals surface area contributed by atoms with Crippen LogP contribution in [0.15, 0.2) is 6.20 Å². The lowest BCUT2D eigenvalue weighted by atomic mass is 10.3. The molecule has 25 heavy (non-hydrogen) atoms. The Bertz CT molecular complexity index is 752. The summed E-state index contributed by atoms with van der Waals surface area (Å²) in [6.45, 7) is 4.07. The molecular formula is C14H20N8O2S. The topological polar surface area (TPSA) is 117 Å². The zero-order valence-corrected chi connectivity index (χ0v) is 15.1. The van der Waals surface area contributed by atoms with Gasteiger partial charge in [0.15, 0.2) is 11.0 Å². The molecule has 2 amide bonds. The van der Waals surface area contributed by atoms with Gasteiger partial charge in [-0.25, -0.2) is 9.78 Å². The lowest BCUT2D eigenvalue weighted by molar-refractivity contribution is 0.0981. The number of nitrogens with zero attached hydrogens (tertiary/aromatic N) is 5. The summed E-state index contributed by atoms with van der Waals surface area (Å²) in [6, 6.07) is -0.143. The number of aromatic nitrogens is 4. The van der Waals surface area contributed by atoms with E-state index >= 15 is 0 Å². The maximum Gasteiger partial charge on any atom is 0.320 e. The monoisotopic (exact) mass is 364 g/mol. The Kier molecular flexibility index (Phi) is 5.24. The lowest BCUT2D eigenvalue weighted by Gasteiger charge is -2.33. The zero-order chi connectivity index (χ0) is 17.8. The number of rotatable bonds is 4. The van der Waals surface area contributed by atoms with Crippen LogP contribution in [0.4, 0.5) is 21.8 Å². The normalized spacial score (nSPS) is 17.2. The summed E-state index contributed by atoms with van der Waals surface area (Å²) in [5.74, 6) is 1.59. The zero-order valence-electron chi connectivity index (χ0n) is 14.2. The van der Waals surface area contributed by atoms with E-state index < -0.39 is 0 Å². The first-order valence-electron chi connectivity index (χ1n) is 7.84. The smallest absolute Gasteiger partial charge is 0.320 e. The quantitative estimate of drug-likeness (QED) is 0.736. The van der Waals surface area contributed by atoms with Crippen molar-refractivity contribution in [3.8, 4) is 10.7 Å². The van der Waals surface area contributed by atoms with Gasteiger partial charge in [-0.05, 0) is 6.92 Å². The number of urea groups is 1. The van der Waals surface area contributed by atoms with Gasteiger partial charge in [0.2, 0.25) is 11.9 Å². The SMILES string of the molecule is CNC(=O)Nc1ncc(-c2nc(NC)nc(N3CCOC[C@@H]3C)n2)s1. The number of carbonyl (C=O) groups excluding carboxylic acids is 1. The van der Waals surface area contributed by atoms with Crippen LogP contribution in [0.1, 0.15) is 6.92 Å². The molecule has 3 N–H and O–H groups in total. The largest absolute Gasteiger partial charge is 0.377 e. The van der Waals surface area contributed by atoms with E-state index in [0.29, 0.717) is 36.1 Å². The van der Waals surface area contributed by atoms with E-state index in [2.05, 4.69) is 47.7 Å². The van der Waals surface area contributed by atoms with Crippen LogP contribution in [0, 0.1) is 0 Å². The van der Waals surface area contributed by atoms with E-state index in [0.717, 1.165) is 11.4 Å². The third-order valence-corrected chi connectivity index (χ3v) is 4.55. The van der Waals surface area contributed by atoms with Gasteiger partial charge in [0.05, 0.1) is 30.3 Å². The Morgan fingerprint density at radius 2 is 2.20 bits per heavy atom. The van der Waals surface area contributed by atoms with E-state index in [-0.39, 0.29) is 12.1 Å². The minimum Gasteiger partial charge on any atom is -0.377 e. The molecule has 1 aliphatic heterocycles. The van der Waals surface area contributed by atoms with Crippen LogP contribution in [-0.2, 0) is 4.74 Å². The predicted molar refractivity (Wildman–Crippen MR) is 96.2 cm³/mol. The van der Waals surface area contributed by atoms with Crippen LogP contribution in [-0.4, -0.2) is 65.9 Å². The number of hydrogen-bond acceptors (Lipinski definition) is 9. The number of carbonyl (C=O) groups is 1. The van der Waals surface area contributed by atoms with Crippen LogP contribution in [0.2, 0.25) is 0 Å². The highest BCUT2D eigenvalue weighted by atomic mass is 32.1. The first-order valence-corrected chi connectivity index (χ1v) is 8.65. The molecule has 0 bridgehead atoms. The van der Waals surface area contributed by atoms with Crippen LogP contribution in [0.3, 0.4) is 0 Å². The molecule has 10 nitrogen and oxygen atoms in total. The minimum absolute atomic E-state index is 0.181. The van der Waals surface area contributed by atoms with Crippen LogP contribution in [0.25, 0.3) is 10.7 Å². The molecule has 0 aliphatic carbocycles. The Balaban J connectivity index is 1.90. The molecule has 3 rings (SSSR count). The summed E-state index contributed by atoms with van der Waals surface area (Å²) < 4.78 is 5.47. The first kappa shape index (κ1) is 17.3. The second-order valence-electron chi connectivity index (χ2n) is 5.38. The number of thiazole rings is 1. The third-order valence-electron chi connectivity index (χ3n) is 3.65. The summed E-state index contributed by atoms with van der Waals surface area (Å²) in [4.78, 5) is 31.9. The van der Waals surface area contributed by atoms with Gasteiger partial charge in [-0.3, -0.25) is 5.32 Å². The molecule has 1 aliphatic rings. The highest BCUT2D eigenvalue weighted by Crippen LogP contribution is 2.28. The minimum atomic E-state index is -0.324. The van der Waals surface area contributed by atoms with E-state index in [4.69, 9.17) is 4.74 Å². The molecule has 0 aromatic carbocycles. The Morgan fingerprint density at radius 1 is 1.36 bits per heavy atom. The fourth-order valence-corrected chi connectivity index (χ4v) is 3.08. The number of morpholine rings is 1. The Labute approximate surface area is 149 Å². The number of amides is 2. The fraction of sp³-hybridized carbons (Fsp3) is 0.500. The van der Waals surface area contributed by atoms with Crippen molar-refractivity contribution in [2.75, 3.05) is 49.4 Å². The van der Waals surface area contributed by atoms with Gasteiger partial charge in [-0.1, -0.05) is 11.3 Å². The van der Waals surface area contributed by atoms with E-state index in [1.165, 1.54) is 11.3 Å². The van der Waals surface area contributed by atoms with Crippen LogP contribution >= 0.6 is 11.3 Å². The van der Waals surface area contributed by atoms with Crippen molar-refractivity contribution in [2.45, 2.75) is 13.0 Å². The maximum atomic E-state index is 11.4. The van der Waals surface area contributed by atoms with Crippen molar-refractivity contribution < 1.29 is 9.53 Å². The fourth-order valence-electron chi connectivity index (χ4n) is 2.33. The van der Waals surface area contributed by atoms with Crippen molar-refractivity contribution in [3.05, 3.63) is 6.20 Å². The molecule has 134 valence electrons. The van der Waals surface area contributed by atoms with Crippen molar-refractivity contribution >= 4 is 34.4 Å². The van der Waals surface area contributed by atoms with Crippen molar-refractivity contribution in [2.24, 2.45) is 0 Å². The molecule has 0 radical (unpaired) electrons. The van der Waals surface area contributed by atoms with Gasteiger partial charge in [0.25, 0.3) is 0 Å². The average molecular weight is 364 g/mol. The molecule has 11 heteroatoms. The molecule has 2 aromatic rings. The van der Waals surface area contributed by atoms with E-state index in [9.17, 15) is 4.79 Å². The number of hydrogen-bond donors (Lipinski definition) is 3.